The van der Waals surface area contributed by atoms with Crippen molar-refractivity contribution in [2.24, 2.45) is 5.73 Å². The number of nitrogens with two attached hydrogens (primary N) is 1. The Bertz CT molecular complexity index is 106. The Kier molecular flexibility index (Phi) is 6.39. The van der Waals surface area contributed by atoms with E-state index in [2.05, 4.69) is 13.8 Å². The quantitative estimate of drug-likeness (QED) is 0.600. The van der Waals surface area contributed by atoms with Gasteiger partial charge in [0.25, 0.3) is 0 Å². The lowest BCUT2D eigenvalue weighted by Crippen LogP contribution is -2.27. The molecule has 0 aromatic carbocycles. The maximum Gasteiger partial charge on any atom is 0.0650 e. The van der Waals surface area contributed by atoms with Crippen molar-refractivity contribution in [1.82, 2.24) is 0 Å². The van der Waals surface area contributed by atoms with Crippen molar-refractivity contribution in [3.8, 4) is 0 Å². The van der Waals surface area contributed by atoms with E-state index in [0.29, 0.717) is 0 Å². The summed E-state index contributed by atoms with van der Waals surface area (Å²) in [6.45, 7) is 5.18. The monoisotopic (exact) mass is 173 g/mol. The molecule has 12 heavy (non-hydrogen) atoms. The molecule has 1 unspecified atom stereocenters. The molecule has 0 radical (unpaired) electrons. The number of rotatable bonds is 7. The number of ether oxygens (including phenoxy) is 1. The SMILES string of the molecule is CCCC(C)(CCCCN)OC. The van der Waals surface area contributed by atoms with Crippen molar-refractivity contribution < 1.29 is 4.74 Å². The van der Waals surface area contributed by atoms with Gasteiger partial charge in [0.1, 0.15) is 0 Å². The molecule has 1 atom stereocenters. The van der Waals surface area contributed by atoms with Gasteiger partial charge in [-0.05, 0) is 39.2 Å². The molecular formula is C10H23NO. The fraction of sp³-hybridized carbons (Fsp3) is 1.00. The summed E-state index contributed by atoms with van der Waals surface area (Å²) in [5.41, 5.74) is 5.52. The van der Waals surface area contributed by atoms with E-state index in [9.17, 15) is 0 Å². The third-order valence-electron chi connectivity index (χ3n) is 2.43. The molecule has 0 aliphatic rings. The molecule has 0 saturated heterocycles. The van der Waals surface area contributed by atoms with Crippen molar-refractivity contribution in [1.29, 1.82) is 0 Å². The van der Waals surface area contributed by atoms with Gasteiger partial charge in [0.2, 0.25) is 0 Å². The van der Waals surface area contributed by atoms with Crippen LogP contribution < -0.4 is 5.73 Å². The Hall–Kier alpha value is -0.0800. The predicted octanol–water partition coefficient (Wildman–Crippen LogP) is 2.32. The van der Waals surface area contributed by atoms with Crippen molar-refractivity contribution in [3.63, 3.8) is 0 Å². The van der Waals surface area contributed by atoms with Crippen molar-refractivity contribution in [2.75, 3.05) is 13.7 Å². The first-order chi connectivity index (χ1) is 5.68. The van der Waals surface area contributed by atoms with Crippen LogP contribution in [0.2, 0.25) is 0 Å². The molecule has 0 heterocycles. The van der Waals surface area contributed by atoms with Crippen molar-refractivity contribution in [2.45, 2.75) is 51.6 Å². The van der Waals surface area contributed by atoms with Crippen LogP contribution in [0.5, 0.6) is 0 Å². The van der Waals surface area contributed by atoms with Crippen LogP contribution in [0.1, 0.15) is 46.0 Å². The molecule has 0 bridgehead atoms. The first-order valence-electron chi connectivity index (χ1n) is 4.93. The Morgan fingerprint density at radius 1 is 1.25 bits per heavy atom. The molecule has 2 nitrogen and oxygen atoms in total. The van der Waals surface area contributed by atoms with Gasteiger partial charge < -0.3 is 10.5 Å². The number of hydrogen-bond donors (Lipinski definition) is 1. The van der Waals surface area contributed by atoms with Crippen LogP contribution in [0.4, 0.5) is 0 Å². The fourth-order valence-corrected chi connectivity index (χ4v) is 1.50. The molecule has 2 N–H and O–H groups in total. The topological polar surface area (TPSA) is 35.2 Å². The number of methoxy groups -OCH3 is 1. The van der Waals surface area contributed by atoms with Gasteiger partial charge in [-0.15, -0.1) is 0 Å². The molecule has 74 valence electrons. The van der Waals surface area contributed by atoms with Gasteiger partial charge in [0.15, 0.2) is 0 Å². The lowest BCUT2D eigenvalue weighted by Gasteiger charge is -2.27. The average molecular weight is 173 g/mol. The summed E-state index contributed by atoms with van der Waals surface area (Å²) in [5.74, 6) is 0. The Balaban J connectivity index is 3.63. The molecule has 0 fully saturated rings. The zero-order valence-electron chi connectivity index (χ0n) is 8.73. The second-order valence-corrected chi connectivity index (χ2v) is 3.65. The molecular weight excluding hydrogens is 150 g/mol. The molecule has 0 rings (SSSR count). The second-order valence-electron chi connectivity index (χ2n) is 3.65. The van der Waals surface area contributed by atoms with Crippen LogP contribution in [-0.4, -0.2) is 19.3 Å². The van der Waals surface area contributed by atoms with E-state index >= 15 is 0 Å². The van der Waals surface area contributed by atoms with Gasteiger partial charge in [-0.25, -0.2) is 0 Å². The summed E-state index contributed by atoms with van der Waals surface area (Å²) in [6.07, 6.45) is 5.76. The van der Waals surface area contributed by atoms with Crippen LogP contribution in [0.15, 0.2) is 0 Å². The molecule has 0 aromatic rings. The number of unbranched alkanes of at least 4 members (excludes halogenated alkanes) is 1. The fourth-order valence-electron chi connectivity index (χ4n) is 1.50. The summed E-state index contributed by atoms with van der Waals surface area (Å²) in [5, 5.41) is 0. The maximum atomic E-state index is 5.48. The Morgan fingerprint density at radius 2 is 1.92 bits per heavy atom. The van der Waals surface area contributed by atoms with Gasteiger partial charge in [-0.3, -0.25) is 0 Å². The number of hydrogen-bond acceptors (Lipinski definition) is 2. The smallest absolute Gasteiger partial charge is 0.0650 e. The highest BCUT2D eigenvalue weighted by molar-refractivity contribution is 4.73. The van der Waals surface area contributed by atoms with E-state index in [-0.39, 0.29) is 5.60 Å². The highest BCUT2D eigenvalue weighted by atomic mass is 16.5. The van der Waals surface area contributed by atoms with E-state index < -0.39 is 0 Å². The molecule has 0 saturated carbocycles. The van der Waals surface area contributed by atoms with Gasteiger partial charge in [-0.1, -0.05) is 13.3 Å². The van der Waals surface area contributed by atoms with Crippen LogP contribution in [0, 0.1) is 0 Å². The standard InChI is InChI=1S/C10H23NO/c1-4-7-10(2,12-3)8-5-6-9-11/h4-9,11H2,1-3H3. The molecule has 0 aromatic heterocycles. The van der Waals surface area contributed by atoms with Crippen molar-refractivity contribution in [3.05, 3.63) is 0 Å². The molecule has 0 amide bonds. The summed E-state index contributed by atoms with van der Waals surface area (Å²) in [6, 6.07) is 0. The van der Waals surface area contributed by atoms with Crippen LogP contribution in [0.25, 0.3) is 0 Å². The summed E-state index contributed by atoms with van der Waals surface area (Å²) in [7, 11) is 1.80. The molecule has 0 aliphatic carbocycles. The normalized spacial score (nSPS) is 16.0. The van der Waals surface area contributed by atoms with E-state index in [1.807, 2.05) is 0 Å². The van der Waals surface area contributed by atoms with E-state index in [4.69, 9.17) is 10.5 Å². The summed E-state index contributed by atoms with van der Waals surface area (Å²) in [4.78, 5) is 0. The lowest BCUT2D eigenvalue weighted by molar-refractivity contribution is -0.0104. The highest BCUT2D eigenvalue weighted by Gasteiger charge is 2.20. The van der Waals surface area contributed by atoms with E-state index in [0.717, 1.165) is 25.8 Å². The minimum absolute atomic E-state index is 0.0872. The van der Waals surface area contributed by atoms with E-state index in [1.54, 1.807) is 7.11 Å². The molecule has 0 spiro atoms. The first kappa shape index (κ1) is 11.9. The Morgan fingerprint density at radius 3 is 2.33 bits per heavy atom. The van der Waals surface area contributed by atoms with E-state index in [1.165, 1.54) is 12.8 Å². The molecule has 2 heteroatoms. The third-order valence-corrected chi connectivity index (χ3v) is 2.43. The molecule has 0 aliphatic heterocycles. The average Bonchev–Trinajstić information content (AvgIpc) is 2.06. The third kappa shape index (κ3) is 4.73. The minimum Gasteiger partial charge on any atom is -0.379 e. The van der Waals surface area contributed by atoms with Crippen LogP contribution in [0.3, 0.4) is 0 Å². The predicted molar refractivity (Wildman–Crippen MR) is 53.2 cm³/mol. The van der Waals surface area contributed by atoms with Crippen molar-refractivity contribution >= 4 is 0 Å². The lowest BCUT2D eigenvalue weighted by atomic mass is 9.94. The Labute approximate surface area is 76.5 Å². The van der Waals surface area contributed by atoms with Crippen LogP contribution >= 0.6 is 0 Å². The maximum absolute atomic E-state index is 5.48. The van der Waals surface area contributed by atoms with Gasteiger partial charge >= 0.3 is 0 Å². The highest BCUT2D eigenvalue weighted by Crippen LogP contribution is 2.23. The second kappa shape index (κ2) is 6.44. The summed E-state index contributed by atoms with van der Waals surface area (Å²) < 4.78 is 5.48. The van der Waals surface area contributed by atoms with Gasteiger partial charge in [0.05, 0.1) is 5.60 Å². The van der Waals surface area contributed by atoms with Gasteiger partial charge in [-0.2, -0.15) is 0 Å². The minimum atomic E-state index is 0.0872. The largest absolute Gasteiger partial charge is 0.379 e. The van der Waals surface area contributed by atoms with Crippen LogP contribution in [-0.2, 0) is 4.74 Å². The zero-order valence-corrected chi connectivity index (χ0v) is 8.73. The zero-order chi connectivity index (χ0) is 9.45. The summed E-state index contributed by atoms with van der Waals surface area (Å²) >= 11 is 0. The van der Waals surface area contributed by atoms with Gasteiger partial charge in [0, 0.05) is 7.11 Å². The first-order valence-corrected chi connectivity index (χ1v) is 4.93.